The van der Waals surface area contributed by atoms with E-state index in [9.17, 15) is 14.3 Å². The summed E-state index contributed by atoms with van der Waals surface area (Å²) in [5.74, 6) is -0.404. The number of rotatable bonds is 1. The average molecular weight is 236 g/mol. The molecule has 0 aromatic heterocycles. The summed E-state index contributed by atoms with van der Waals surface area (Å²) in [7, 11) is 0. The maximum atomic E-state index is 13.3. The van der Waals surface area contributed by atoms with Crippen molar-refractivity contribution in [1.82, 2.24) is 0 Å². The lowest BCUT2D eigenvalue weighted by atomic mass is 9.42. The summed E-state index contributed by atoms with van der Waals surface area (Å²) < 4.78 is 13.3. The highest BCUT2D eigenvalue weighted by Gasteiger charge is 2.72. The maximum absolute atomic E-state index is 13.3. The van der Waals surface area contributed by atoms with Crippen LogP contribution in [-0.2, 0) is 10.4 Å². The van der Waals surface area contributed by atoms with Gasteiger partial charge in [-0.25, -0.2) is 4.39 Å². The van der Waals surface area contributed by atoms with Crippen molar-refractivity contribution in [2.75, 3.05) is 0 Å². The van der Waals surface area contributed by atoms with E-state index < -0.39 is 22.2 Å². The molecule has 3 heteroatoms. The zero-order valence-electron chi connectivity index (χ0n) is 10.5. The standard InChI is InChI=1S/C14H17FO2/c1-12(2)11(16)13(3,4)14(12,17)9-6-5-7-10(15)8-9/h5-8,17H,1-4H3. The molecule has 17 heavy (non-hydrogen) atoms. The van der Waals surface area contributed by atoms with Crippen molar-refractivity contribution >= 4 is 5.78 Å². The predicted molar refractivity (Wildman–Crippen MR) is 62.9 cm³/mol. The molecule has 1 saturated carbocycles. The van der Waals surface area contributed by atoms with Gasteiger partial charge in [0.25, 0.3) is 0 Å². The van der Waals surface area contributed by atoms with Crippen LogP contribution in [0, 0.1) is 16.6 Å². The Morgan fingerprint density at radius 2 is 1.65 bits per heavy atom. The van der Waals surface area contributed by atoms with Crippen molar-refractivity contribution < 1.29 is 14.3 Å². The number of aliphatic hydroxyl groups is 1. The molecular formula is C14H17FO2. The van der Waals surface area contributed by atoms with Gasteiger partial charge in [-0.05, 0) is 45.4 Å². The normalized spacial score (nSPS) is 24.2. The highest BCUT2D eigenvalue weighted by Crippen LogP contribution is 2.63. The fourth-order valence-corrected chi connectivity index (χ4v) is 3.26. The zero-order chi connectivity index (χ0) is 13.1. The summed E-state index contributed by atoms with van der Waals surface area (Å²) in [6, 6.07) is 5.85. The first-order valence-corrected chi connectivity index (χ1v) is 5.69. The largest absolute Gasteiger partial charge is 0.383 e. The summed E-state index contributed by atoms with van der Waals surface area (Å²) in [6.07, 6.45) is 0. The first-order valence-electron chi connectivity index (χ1n) is 5.69. The van der Waals surface area contributed by atoms with Crippen LogP contribution in [0.5, 0.6) is 0 Å². The van der Waals surface area contributed by atoms with Gasteiger partial charge in [0.1, 0.15) is 11.4 Å². The number of hydrogen-bond acceptors (Lipinski definition) is 2. The average Bonchev–Trinajstić information content (AvgIpc) is 2.26. The van der Waals surface area contributed by atoms with Gasteiger partial charge in [-0.3, -0.25) is 4.79 Å². The van der Waals surface area contributed by atoms with Crippen molar-refractivity contribution in [1.29, 1.82) is 0 Å². The molecule has 0 heterocycles. The van der Waals surface area contributed by atoms with Gasteiger partial charge >= 0.3 is 0 Å². The van der Waals surface area contributed by atoms with E-state index in [2.05, 4.69) is 0 Å². The lowest BCUT2D eigenvalue weighted by molar-refractivity contribution is -0.230. The topological polar surface area (TPSA) is 37.3 Å². The summed E-state index contributed by atoms with van der Waals surface area (Å²) in [6.45, 7) is 6.80. The molecule has 1 aliphatic carbocycles. The van der Waals surface area contributed by atoms with Gasteiger partial charge in [-0.15, -0.1) is 0 Å². The van der Waals surface area contributed by atoms with Gasteiger partial charge in [0, 0.05) is 0 Å². The first-order chi connectivity index (χ1) is 7.65. The Hall–Kier alpha value is -1.22. The van der Waals surface area contributed by atoms with Gasteiger partial charge < -0.3 is 5.11 Å². The third-order valence-corrected chi connectivity index (χ3v) is 4.19. The van der Waals surface area contributed by atoms with Gasteiger partial charge in [-0.2, -0.15) is 0 Å². The van der Waals surface area contributed by atoms with E-state index in [4.69, 9.17) is 0 Å². The van der Waals surface area contributed by atoms with Crippen molar-refractivity contribution in [3.05, 3.63) is 35.6 Å². The van der Waals surface area contributed by atoms with E-state index in [1.807, 2.05) is 0 Å². The molecule has 0 saturated heterocycles. The van der Waals surface area contributed by atoms with E-state index in [1.54, 1.807) is 39.8 Å². The summed E-state index contributed by atoms with van der Waals surface area (Å²) >= 11 is 0. The van der Waals surface area contributed by atoms with Crippen LogP contribution in [0.3, 0.4) is 0 Å². The molecule has 1 fully saturated rings. The molecule has 92 valence electrons. The second-order valence-corrected chi connectivity index (χ2v) is 5.80. The Morgan fingerprint density at radius 1 is 1.12 bits per heavy atom. The number of hydrogen-bond donors (Lipinski definition) is 1. The number of ketones is 1. The predicted octanol–water partition coefficient (Wildman–Crippen LogP) is 2.65. The monoisotopic (exact) mass is 236 g/mol. The van der Waals surface area contributed by atoms with Gasteiger partial charge in [0.15, 0.2) is 5.78 Å². The number of halogens is 1. The lowest BCUT2D eigenvalue weighted by Gasteiger charge is -2.62. The summed E-state index contributed by atoms with van der Waals surface area (Å²) in [5, 5.41) is 10.8. The number of Topliss-reactive ketones (excluding diaryl/α,β-unsaturated/α-hetero) is 1. The zero-order valence-corrected chi connectivity index (χ0v) is 10.5. The van der Waals surface area contributed by atoms with Gasteiger partial charge in [0.2, 0.25) is 0 Å². The van der Waals surface area contributed by atoms with Crippen molar-refractivity contribution in [2.45, 2.75) is 33.3 Å². The van der Waals surface area contributed by atoms with Gasteiger partial charge in [-0.1, -0.05) is 12.1 Å². The summed E-state index contributed by atoms with van der Waals surface area (Å²) in [4.78, 5) is 12.0. The first kappa shape index (κ1) is 12.2. The Balaban J connectivity index is 2.60. The second kappa shape index (κ2) is 3.16. The smallest absolute Gasteiger partial charge is 0.150 e. The van der Waals surface area contributed by atoms with Crippen LogP contribution in [0.25, 0.3) is 0 Å². The van der Waals surface area contributed by atoms with Crippen LogP contribution < -0.4 is 0 Å². The quantitative estimate of drug-likeness (QED) is 0.814. The van der Waals surface area contributed by atoms with E-state index >= 15 is 0 Å². The van der Waals surface area contributed by atoms with Crippen molar-refractivity contribution in [2.24, 2.45) is 10.8 Å². The van der Waals surface area contributed by atoms with Crippen LogP contribution in [0.1, 0.15) is 33.3 Å². The van der Waals surface area contributed by atoms with E-state index in [-0.39, 0.29) is 5.78 Å². The molecule has 0 unspecified atom stereocenters. The van der Waals surface area contributed by atoms with E-state index in [0.717, 1.165) is 0 Å². The minimum Gasteiger partial charge on any atom is -0.383 e. The van der Waals surface area contributed by atoms with Crippen LogP contribution in [0.15, 0.2) is 24.3 Å². The van der Waals surface area contributed by atoms with E-state index in [0.29, 0.717) is 5.56 Å². The molecule has 0 radical (unpaired) electrons. The molecule has 1 N–H and O–H groups in total. The molecule has 1 aliphatic rings. The number of benzene rings is 1. The lowest BCUT2D eigenvalue weighted by Crippen LogP contribution is -2.71. The molecule has 1 aromatic rings. The third-order valence-electron chi connectivity index (χ3n) is 4.19. The molecule has 0 aliphatic heterocycles. The molecule has 2 nitrogen and oxygen atoms in total. The van der Waals surface area contributed by atoms with E-state index in [1.165, 1.54) is 12.1 Å². The molecule has 1 aromatic carbocycles. The summed E-state index contributed by atoms with van der Waals surface area (Å²) in [5.41, 5.74) is -2.62. The Labute approximate surface area is 100 Å². The Morgan fingerprint density at radius 3 is 2.12 bits per heavy atom. The molecule has 2 rings (SSSR count). The fraction of sp³-hybridized carbons (Fsp3) is 0.500. The van der Waals surface area contributed by atoms with Crippen LogP contribution in [0.4, 0.5) is 4.39 Å². The van der Waals surface area contributed by atoms with Gasteiger partial charge in [0.05, 0.1) is 10.8 Å². The van der Waals surface area contributed by atoms with Crippen LogP contribution >= 0.6 is 0 Å². The third kappa shape index (κ3) is 1.20. The molecule has 0 amide bonds. The highest BCUT2D eigenvalue weighted by molar-refractivity contribution is 5.99. The maximum Gasteiger partial charge on any atom is 0.150 e. The van der Waals surface area contributed by atoms with Crippen molar-refractivity contribution in [3.63, 3.8) is 0 Å². The minimum absolute atomic E-state index is 0.00300. The molecule has 0 atom stereocenters. The Bertz CT molecular complexity index is 471. The van der Waals surface area contributed by atoms with Crippen LogP contribution in [0.2, 0.25) is 0 Å². The minimum atomic E-state index is -1.32. The Kier molecular flexibility index (Phi) is 2.28. The van der Waals surface area contributed by atoms with Crippen LogP contribution in [-0.4, -0.2) is 10.9 Å². The number of carbonyl (C=O) groups is 1. The molecular weight excluding hydrogens is 219 g/mol. The number of carbonyl (C=O) groups excluding carboxylic acids is 1. The van der Waals surface area contributed by atoms with Crippen molar-refractivity contribution in [3.8, 4) is 0 Å². The molecule has 0 bridgehead atoms. The SMILES string of the molecule is CC1(C)C(=O)C(C)(C)C1(O)c1cccc(F)c1. The highest BCUT2D eigenvalue weighted by atomic mass is 19.1. The second-order valence-electron chi connectivity index (χ2n) is 5.80. The molecule has 0 spiro atoms. The fourth-order valence-electron chi connectivity index (χ4n) is 3.26.